The summed E-state index contributed by atoms with van der Waals surface area (Å²) in [7, 11) is 0. The van der Waals surface area contributed by atoms with Crippen LogP contribution < -0.4 is 10.6 Å². The highest BCUT2D eigenvalue weighted by molar-refractivity contribution is 7.80. The Hall–Kier alpha value is -1.87. The molecule has 2 N–H and O–H groups in total. The molecule has 2 aromatic carbocycles. The van der Waals surface area contributed by atoms with Crippen molar-refractivity contribution in [1.29, 1.82) is 0 Å². The highest BCUT2D eigenvalue weighted by Crippen LogP contribution is 2.57. The summed E-state index contributed by atoms with van der Waals surface area (Å²) in [6.45, 7) is 12.7. The van der Waals surface area contributed by atoms with Crippen molar-refractivity contribution >= 4 is 23.0 Å². The predicted octanol–water partition coefficient (Wildman–Crippen LogP) is 7.12. The van der Waals surface area contributed by atoms with Crippen LogP contribution in [0.1, 0.15) is 81.5 Å². The van der Waals surface area contributed by atoms with Gasteiger partial charge < -0.3 is 10.6 Å². The van der Waals surface area contributed by atoms with E-state index in [1.807, 2.05) is 0 Å². The van der Waals surface area contributed by atoms with Crippen molar-refractivity contribution < 1.29 is 0 Å². The van der Waals surface area contributed by atoms with Crippen LogP contribution in [0.3, 0.4) is 0 Å². The van der Waals surface area contributed by atoms with Crippen molar-refractivity contribution in [1.82, 2.24) is 5.32 Å². The molecule has 3 atom stereocenters. The number of fused-ring (bicyclic) bond motifs is 3. The van der Waals surface area contributed by atoms with Gasteiger partial charge in [0.1, 0.15) is 0 Å². The van der Waals surface area contributed by atoms with E-state index >= 15 is 0 Å². The molecule has 2 nitrogen and oxygen atoms in total. The molecule has 0 aromatic heterocycles. The Balaban J connectivity index is 1.50. The molecule has 0 saturated heterocycles. The molecule has 166 valence electrons. The Labute approximate surface area is 194 Å². The normalized spacial score (nSPS) is 27.4. The zero-order chi connectivity index (χ0) is 22.2. The molecule has 4 rings (SSSR count). The van der Waals surface area contributed by atoms with E-state index in [2.05, 4.69) is 87.7 Å². The van der Waals surface area contributed by atoms with E-state index in [1.165, 1.54) is 43.2 Å². The van der Waals surface area contributed by atoms with Crippen molar-refractivity contribution in [2.75, 3.05) is 11.9 Å². The van der Waals surface area contributed by atoms with Crippen LogP contribution in [-0.4, -0.2) is 11.7 Å². The summed E-state index contributed by atoms with van der Waals surface area (Å²) in [4.78, 5) is 0. The lowest BCUT2D eigenvalue weighted by Gasteiger charge is -2.55. The predicted molar refractivity (Wildman–Crippen MR) is 137 cm³/mol. The summed E-state index contributed by atoms with van der Waals surface area (Å²) in [5, 5.41) is 7.69. The molecule has 0 amide bonds. The highest BCUT2D eigenvalue weighted by Gasteiger charge is 2.51. The van der Waals surface area contributed by atoms with E-state index < -0.39 is 0 Å². The van der Waals surface area contributed by atoms with Crippen molar-refractivity contribution in [3.8, 4) is 0 Å². The molecule has 0 heterocycles. The van der Waals surface area contributed by atoms with E-state index in [0.29, 0.717) is 11.8 Å². The van der Waals surface area contributed by atoms with Gasteiger partial charge in [0.15, 0.2) is 5.11 Å². The molecule has 0 radical (unpaired) electrons. The minimum absolute atomic E-state index is 0.250. The Morgan fingerprint density at radius 3 is 2.68 bits per heavy atom. The van der Waals surface area contributed by atoms with Crippen molar-refractivity contribution in [2.24, 2.45) is 11.3 Å². The first-order valence-electron chi connectivity index (χ1n) is 12.0. The quantitative estimate of drug-likeness (QED) is 0.501. The second-order valence-electron chi connectivity index (χ2n) is 10.8. The molecule has 2 aliphatic carbocycles. The summed E-state index contributed by atoms with van der Waals surface area (Å²) < 4.78 is 0. The van der Waals surface area contributed by atoms with Gasteiger partial charge in [-0.05, 0) is 102 Å². The van der Waals surface area contributed by atoms with E-state index in [-0.39, 0.29) is 10.8 Å². The molecular weight excluding hydrogens is 396 g/mol. The topological polar surface area (TPSA) is 24.1 Å². The van der Waals surface area contributed by atoms with Gasteiger partial charge in [-0.2, -0.15) is 0 Å². The Morgan fingerprint density at radius 2 is 1.94 bits per heavy atom. The molecule has 3 heteroatoms. The van der Waals surface area contributed by atoms with Gasteiger partial charge in [-0.3, -0.25) is 0 Å². The minimum Gasteiger partial charge on any atom is -0.362 e. The van der Waals surface area contributed by atoms with Gasteiger partial charge in [0, 0.05) is 12.2 Å². The lowest BCUT2D eigenvalue weighted by atomic mass is 9.49. The molecule has 0 unspecified atom stereocenters. The summed E-state index contributed by atoms with van der Waals surface area (Å²) in [6.07, 6.45) is 6.34. The molecule has 0 aliphatic heterocycles. The van der Waals surface area contributed by atoms with Crippen LogP contribution in [0.5, 0.6) is 0 Å². The van der Waals surface area contributed by atoms with Crippen LogP contribution >= 0.6 is 12.2 Å². The Kier molecular flexibility index (Phi) is 6.18. The molecule has 2 aromatic rings. The largest absolute Gasteiger partial charge is 0.362 e. The van der Waals surface area contributed by atoms with Gasteiger partial charge in [0.05, 0.1) is 0 Å². The van der Waals surface area contributed by atoms with Crippen LogP contribution in [0.25, 0.3) is 0 Å². The lowest BCUT2D eigenvalue weighted by molar-refractivity contribution is 0.0294. The van der Waals surface area contributed by atoms with Crippen LogP contribution in [0.2, 0.25) is 0 Å². The van der Waals surface area contributed by atoms with E-state index in [9.17, 15) is 0 Å². The number of hydrogen-bond acceptors (Lipinski definition) is 1. The van der Waals surface area contributed by atoms with E-state index in [0.717, 1.165) is 17.3 Å². The van der Waals surface area contributed by atoms with Crippen molar-refractivity contribution in [3.05, 3.63) is 64.7 Å². The van der Waals surface area contributed by atoms with Crippen molar-refractivity contribution in [3.63, 3.8) is 0 Å². The first-order chi connectivity index (χ1) is 14.7. The summed E-state index contributed by atoms with van der Waals surface area (Å²) in [5.41, 5.74) is 7.50. The van der Waals surface area contributed by atoms with Gasteiger partial charge in [0.25, 0.3) is 0 Å². The fourth-order valence-corrected chi connectivity index (χ4v) is 6.58. The number of aryl methyl sites for hydroxylation is 2. The number of rotatable bonds is 4. The molecule has 1 saturated carbocycles. The molecule has 2 aliphatic rings. The Bertz CT molecular complexity index is 965. The maximum Gasteiger partial charge on any atom is 0.170 e. The van der Waals surface area contributed by atoms with E-state index in [4.69, 9.17) is 12.2 Å². The van der Waals surface area contributed by atoms with Crippen LogP contribution in [0.4, 0.5) is 5.69 Å². The summed E-state index contributed by atoms with van der Waals surface area (Å²) >= 11 is 5.65. The standard InChI is InChI=1S/C28H38N2S/c1-19(2)21-10-12-24-22(17-21)11-13-25-27(4,14-7-15-28(24,25)5)18-29-26(31)30-23-9-6-8-20(3)16-23/h6,8-10,12,16-17,19,25H,7,11,13-15,18H2,1-5H3,(H2,29,30,31)/t25-,27+,28+/m0/s1. The first-order valence-corrected chi connectivity index (χ1v) is 12.4. The number of thiocarbonyl (C=S) groups is 1. The molecule has 0 bridgehead atoms. The third-order valence-corrected chi connectivity index (χ3v) is 8.34. The molecule has 1 fully saturated rings. The second kappa shape index (κ2) is 8.58. The maximum absolute atomic E-state index is 5.65. The van der Waals surface area contributed by atoms with Gasteiger partial charge in [-0.15, -0.1) is 0 Å². The van der Waals surface area contributed by atoms with Crippen LogP contribution in [0, 0.1) is 18.3 Å². The monoisotopic (exact) mass is 434 g/mol. The van der Waals surface area contributed by atoms with Crippen molar-refractivity contribution in [2.45, 2.75) is 78.1 Å². The van der Waals surface area contributed by atoms with Gasteiger partial charge in [-0.1, -0.05) is 64.4 Å². The zero-order valence-electron chi connectivity index (χ0n) is 19.8. The van der Waals surface area contributed by atoms with E-state index in [1.54, 1.807) is 11.1 Å². The summed E-state index contributed by atoms with van der Waals surface area (Å²) in [5.74, 6) is 1.28. The fourth-order valence-electron chi connectivity index (χ4n) is 6.39. The van der Waals surface area contributed by atoms with Gasteiger partial charge in [0.2, 0.25) is 0 Å². The number of benzene rings is 2. The fraction of sp³-hybridized carbons (Fsp3) is 0.536. The smallest absolute Gasteiger partial charge is 0.170 e. The van der Waals surface area contributed by atoms with Gasteiger partial charge >= 0.3 is 0 Å². The minimum atomic E-state index is 0.250. The average Bonchev–Trinajstić information content (AvgIpc) is 2.72. The zero-order valence-corrected chi connectivity index (χ0v) is 20.7. The molecule has 31 heavy (non-hydrogen) atoms. The Morgan fingerprint density at radius 1 is 1.13 bits per heavy atom. The van der Waals surface area contributed by atoms with Crippen LogP contribution in [-0.2, 0) is 11.8 Å². The third kappa shape index (κ3) is 4.39. The average molecular weight is 435 g/mol. The second-order valence-corrected chi connectivity index (χ2v) is 11.2. The highest BCUT2D eigenvalue weighted by atomic mass is 32.1. The number of anilines is 1. The number of nitrogens with one attached hydrogen (secondary N) is 2. The first kappa shape index (κ1) is 22.3. The lowest BCUT2D eigenvalue weighted by Crippen LogP contribution is -2.53. The SMILES string of the molecule is Cc1cccc(NC(=S)NC[C@@]2(C)CCC[C@]3(C)c4ccc(C(C)C)cc4CC[C@@H]23)c1. The maximum atomic E-state index is 5.65. The van der Waals surface area contributed by atoms with Gasteiger partial charge in [-0.25, -0.2) is 0 Å². The third-order valence-electron chi connectivity index (χ3n) is 8.10. The molecular formula is C28H38N2S. The molecule has 0 spiro atoms. The number of hydrogen-bond donors (Lipinski definition) is 2. The summed E-state index contributed by atoms with van der Waals surface area (Å²) in [6, 6.07) is 15.7. The van der Waals surface area contributed by atoms with Crippen LogP contribution in [0.15, 0.2) is 42.5 Å².